The first kappa shape index (κ1) is 14.8. The summed E-state index contributed by atoms with van der Waals surface area (Å²) in [5.74, 6) is 0.266. The van der Waals surface area contributed by atoms with Gasteiger partial charge in [-0.1, -0.05) is 0 Å². The van der Waals surface area contributed by atoms with Crippen molar-refractivity contribution in [3.05, 3.63) is 28.5 Å². The highest BCUT2D eigenvalue weighted by molar-refractivity contribution is 7.09. The van der Waals surface area contributed by atoms with E-state index < -0.39 is 0 Å². The van der Waals surface area contributed by atoms with Gasteiger partial charge in [0.05, 0.1) is 28.0 Å². The van der Waals surface area contributed by atoms with Crippen molar-refractivity contribution in [2.45, 2.75) is 26.3 Å². The lowest BCUT2D eigenvalue weighted by atomic mass is 9.85. The Labute approximate surface area is 139 Å². The molecule has 1 amide bonds. The summed E-state index contributed by atoms with van der Waals surface area (Å²) in [6.45, 7) is 5.51. The number of anilines is 1. The Morgan fingerprint density at radius 1 is 1.35 bits per heavy atom. The number of aromatic nitrogens is 3. The fourth-order valence-corrected chi connectivity index (χ4v) is 4.40. The van der Waals surface area contributed by atoms with E-state index in [9.17, 15) is 4.79 Å². The van der Waals surface area contributed by atoms with Crippen LogP contribution in [0.1, 0.15) is 23.5 Å². The van der Waals surface area contributed by atoms with Gasteiger partial charge in [0.15, 0.2) is 0 Å². The van der Waals surface area contributed by atoms with Gasteiger partial charge in [0, 0.05) is 38.3 Å². The van der Waals surface area contributed by atoms with Gasteiger partial charge in [-0.25, -0.2) is 4.98 Å². The first-order chi connectivity index (χ1) is 11.1. The maximum atomic E-state index is 13.0. The molecule has 0 bridgehead atoms. The Morgan fingerprint density at radius 3 is 2.87 bits per heavy atom. The molecular formula is C16H21N5OS. The normalized spacial score (nSPS) is 25.1. The van der Waals surface area contributed by atoms with Gasteiger partial charge in [-0.05, 0) is 26.3 Å². The van der Waals surface area contributed by atoms with E-state index in [-0.39, 0.29) is 11.3 Å². The molecule has 4 heterocycles. The monoisotopic (exact) mass is 331 g/mol. The third-order valence-corrected chi connectivity index (χ3v) is 5.82. The van der Waals surface area contributed by atoms with Crippen molar-refractivity contribution in [3.63, 3.8) is 0 Å². The molecule has 2 aliphatic heterocycles. The topological polar surface area (TPSA) is 54.3 Å². The number of amides is 1. The van der Waals surface area contributed by atoms with Crippen molar-refractivity contribution in [1.29, 1.82) is 0 Å². The van der Waals surface area contributed by atoms with Crippen LogP contribution in [0.4, 0.5) is 5.69 Å². The van der Waals surface area contributed by atoms with E-state index >= 15 is 0 Å². The van der Waals surface area contributed by atoms with E-state index in [0.717, 1.165) is 55.4 Å². The van der Waals surface area contributed by atoms with Gasteiger partial charge >= 0.3 is 0 Å². The highest BCUT2D eigenvalue weighted by atomic mass is 32.1. The largest absolute Gasteiger partial charge is 0.309 e. The van der Waals surface area contributed by atoms with Gasteiger partial charge in [-0.3, -0.25) is 14.4 Å². The van der Waals surface area contributed by atoms with Crippen LogP contribution in [0.3, 0.4) is 0 Å². The summed E-state index contributed by atoms with van der Waals surface area (Å²) in [5, 5.41) is 7.42. The molecule has 6 nitrogen and oxygen atoms in total. The van der Waals surface area contributed by atoms with Crippen LogP contribution < -0.4 is 4.90 Å². The quantitative estimate of drug-likeness (QED) is 0.861. The molecule has 0 aliphatic carbocycles. The van der Waals surface area contributed by atoms with Crippen LogP contribution in [0.5, 0.6) is 0 Å². The smallest absolute Gasteiger partial charge is 0.234 e. The highest BCUT2D eigenvalue weighted by Gasteiger charge is 2.51. The predicted molar refractivity (Wildman–Crippen MR) is 89.4 cm³/mol. The van der Waals surface area contributed by atoms with Crippen LogP contribution in [0, 0.1) is 12.3 Å². The highest BCUT2D eigenvalue weighted by Crippen LogP contribution is 2.42. The Bertz CT molecular complexity index is 738. The van der Waals surface area contributed by atoms with Crippen LogP contribution >= 0.6 is 11.3 Å². The number of thiazole rings is 1. The molecule has 2 fully saturated rings. The second-order valence-electron chi connectivity index (χ2n) is 6.68. The number of aryl methyl sites for hydroxylation is 2. The maximum Gasteiger partial charge on any atom is 0.234 e. The van der Waals surface area contributed by atoms with Crippen LogP contribution in [0.2, 0.25) is 0 Å². The van der Waals surface area contributed by atoms with E-state index in [4.69, 9.17) is 0 Å². The minimum Gasteiger partial charge on any atom is -0.309 e. The zero-order valence-electron chi connectivity index (χ0n) is 13.5. The van der Waals surface area contributed by atoms with Crippen molar-refractivity contribution in [2.75, 3.05) is 24.5 Å². The van der Waals surface area contributed by atoms with Crippen LogP contribution in [-0.4, -0.2) is 45.2 Å². The number of hydrogen-bond donors (Lipinski definition) is 0. The lowest BCUT2D eigenvalue weighted by molar-refractivity contribution is -0.125. The Morgan fingerprint density at radius 2 is 2.17 bits per heavy atom. The summed E-state index contributed by atoms with van der Waals surface area (Å²) in [6.07, 6.45) is 5.59. The summed E-state index contributed by atoms with van der Waals surface area (Å²) in [5.41, 5.74) is 1.84. The first-order valence-corrected chi connectivity index (χ1v) is 8.88. The Balaban J connectivity index is 1.46. The fraction of sp³-hybridized carbons (Fsp3) is 0.562. The Hall–Kier alpha value is -1.73. The summed E-state index contributed by atoms with van der Waals surface area (Å²) in [6, 6.07) is 0. The number of carbonyl (C=O) groups is 1. The third-order valence-electron chi connectivity index (χ3n) is 5.00. The SMILES string of the molecule is Cc1nc(CN2CCC3(CCN(c4cnn(C)c4)C3=O)C2)cs1. The van der Waals surface area contributed by atoms with Gasteiger partial charge in [0.1, 0.15) is 0 Å². The zero-order valence-corrected chi connectivity index (χ0v) is 14.3. The molecule has 2 aromatic rings. The molecule has 1 unspecified atom stereocenters. The predicted octanol–water partition coefficient (Wildman–Crippen LogP) is 1.81. The lowest BCUT2D eigenvalue weighted by Crippen LogP contribution is -2.36. The number of likely N-dealkylation sites (tertiary alicyclic amines) is 1. The van der Waals surface area contributed by atoms with E-state index in [1.165, 1.54) is 0 Å². The average molecular weight is 331 g/mol. The van der Waals surface area contributed by atoms with Crippen LogP contribution in [-0.2, 0) is 18.4 Å². The van der Waals surface area contributed by atoms with Crippen molar-refractivity contribution in [3.8, 4) is 0 Å². The number of carbonyl (C=O) groups excluding carboxylic acids is 1. The van der Waals surface area contributed by atoms with E-state index in [1.54, 1.807) is 22.2 Å². The second kappa shape index (κ2) is 5.42. The van der Waals surface area contributed by atoms with Gasteiger partial charge in [-0.2, -0.15) is 5.10 Å². The molecular weight excluding hydrogens is 310 g/mol. The summed E-state index contributed by atoms with van der Waals surface area (Å²) in [7, 11) is 1.88. The van der Waals surface area contributed by atoms with Crippen molar-refractivity contribution < 1.29 is 4.79 Å². The van der Waals surface area contributed by atoms with Gasteiger partial charge in [0.25, 0.3) is 0 Å². The maximum absolute atomic E-state index is 13.0. The molecule has 122 valence electrons. The lowest BCUT2D eigenvalue weighted by Gasteiger charge is -2.22. The molecule has 1 spiro atoms. The molecule has 4 rings (SSSR count). The third kappa shape index (κ3) is 2.57. The average Bonchev–Trinajstić information content (AvgIpc) is 3.26. The van der Waals surface area contributed by atoms with E-state index in [1.807, 2.05) is 25.1 Å². The van der Waals surface area contributed by atoms with Crippen molar-refractivity contribution in [2.24, 2.45) is 12.5 Å². The molecule has 2 saturated heterocycles. The van der Waals surface area contributed by atoms with Gasteiger partial charge < -0.3 is 4.90 Å². The molecule has 23 heavy (non-hydrogen) atoms. The summed E-state index contributed by atoms with van der Waals surface area (Å²) >= 11 is 1.69. The van der Waals surface area contributed by atoms with Gasteiger partial charge in [-0.15, -0.1) is 11.3 Å². The minimum atomic E-state index is -0.207. The van der Waals surface area contributed by atoms with E-state index in [0.29, 0.717) is 0 Å². The summed E-state index contributed by atoms with van der Waals surface area (Å²) < 4.78 is 1.75. The van der Waals surface area contributed by atoms with Crippen LogP contribution in [0.25, 0.3) is 0 Å². The molecule has 2 aromatic heterocycles. The molecule has 2 aliphatic rings. The number of hydrogen-bond acceptors (Lipinski definition) is 5. The van der Waals surface area contributed by atoms with Crippen LogP contribution in [0.15, 0.2) is 17.8 Å². The van der Waals surface area contributed by atoms with Crippen molar-refractivity contribution in [1.82, 2.24) is 19.7 Å². The molecule has 1 atom stereocenters. The van der Waals surface area contributed by atoms with Gasteiger partial charge in [0.2, 0.25) is 5.91 Å². The summed E-state index contributed by atoms with van der Waals surface area (Å²) in [4.78, 5) is 21.8. The minimum absolute atomic E-state index is 0.207. The first-order valence-electron chi connectivity index (χ1n) is 8.00. The Kier molecular flexibility index (Phi) is 3.50. The second-order valence-corrected chi connectivity index (χ2v) is 7.74. The van der Waals surface area contributed by atoms with Crippen molar-refractivity contribution >= 4 is 22.9 Å². The van der Waals surface area contributed by atoms with E-state index in [2.05, 4.69) is 20.4 Å². The molecule has 0 radical (unpaired) electrons. The number of rotatable bonds is 3. The molecule has 7 heteroatoms. The standard InChI is InChI=1S/C16H21N5OS/c1-12-18-13(10-23-12)8-20-5-3-16(11-20)4-6-21(15(16)22)14-7-17-19(2)9-14/h7,9-10H,3-6,8,11H2,1-2H3. The fourth-order valence-electron chi connectivity index (χ4n) is 3.80. The number of nitrogens with zero attached hydrogens (tertiary/aromatic N) is 5. The molecule has 0 N–H and O–H groups in total. The zero-order chi connectivity index (χ0) is 16.0. The molecule has 0 aromatic carbocycles. The molecule has 0 saturated carbocycles.